The van der Waals surface area contributed by atoms with Crippen molar-refractivity contribution in [1.82, 2.24) is 25.3 Å². The van der Waals surface area contributed by atoms with Gasteiger partial charge in [-0.05, 0) is 52.5 Å². The van der Waals surface area contributed by atoms with Gasteiger partial charge >= 0.3 is 0 Å². The van der Waals surface area contributed by atoms with E-state index in [4.69, 9.17) is 1.41 Å². The van der Waals surface area contributed by atoms with Gasteiger partial charge in [0.1, 0.15) is 4.83 Å². The molecule has 0 unspecified atom stereocenters. The topological polar surface area (TPSA) is 64.3 Å². The number of piperazine rings is 1. The van der Waals surface area contributed by atoms with Gasteiger partial charge in [0.2, 0.25) is 0 Å². The lowest BCUT2D eigenvalue weighted by molar-refractivity contribution is 0.0593. The van der Waals surface area contributed by atoms with Crippen LogP contribution in [0.25, 0.3) is 10.2 Å². The van der Waals surface area contributed by atoms with E-state index in [1.807, 2.05) is 13.0 Å². The molecular formula is C20H31N5OS. The van der Waals surface area contributed by atoms with E-state index in [-0.39, 0.29) is 11.9 Å². The first-order valence-electron chi connectivity index (χ1n) is 10.6. The number of carbonyl (C=O) groups is 1. The molecule has 3 heterocycles. The number of aromatic nitrogens is 2. The molecule has 1 aliphatic heterocycles. The van der Waals surface area contributed by atoms with E-state index in [0.717, 1.165) is 67.8 Å². The smallest absolute Gasteiger partial charge is 0.261 e. The second kappa shape index (κ2) is 7.89. The van der Waals surface area contributed by atoms with Crippen LogP contribution in [0, 0.1) is 6.92 Å². The fourth-order valence-corrected chi connectivity index (χ4v) is 5.37. The number of hydrogen-bond acceptors (Lipinski definition) is 5. The molecule has 2 N–H and O–H groups in total. The number of carbonyl (C=O) groups excluding carboxylic acids is 1. The minimum atomic E-state index is -0.184. The maximum atomic E-state index is 12.8. The van der Waals surface area contributed by atoms with Crippen molar-refractivity contribution in [3.63, 3.8) is 0 Å². The zero-order chi connectivity index (χ0) is 19.8. The van der Waals surface area contributed by atoms with E-state index >= 15 is 0 Å². The number of thiophene rings is 1. The highest BCUT2D eigenvalue weighted by Crippen LogP contribution is 2.28. The van der Waals surface area contributed by atoms with E-state index in [2.05, 4.69) is 33.8 Å². The molecule has 27 heavy (non-hydrogen) atoms. The molecule has 6 nitrogen and oxygen atoms in total. The Bertz CT molecular complexity index is 818. The van der Waals surface area contributed by atoms with Gasteiger partial charge in [0.25, 0.3) is 5.91 Å². The van der Waals surface area contributed by atoms with Gasteiger partial charge in [-0.15, -0.1) is 11.3 Å². The molecule has 2 fully saturated rings. The Kier molecular flexibility index (Phi) is 5.16. The molecule has 2 aromatic heterocycles. The first kappa shape index (κ1) is 17.6. The van der Waals surface area contributed by atoms with Crippen molar-refractivity contribution < 1.29 is 6.21 Å². The van der Waals surface area contributed by atoms with Crippen molar-refractivity contribution >= 4 is 27.5 Å². The van der Waals surface area contributed by atoms with Gasteiger partial charge in [-0.3, -0.25) is 19.7 Å². The van der Waals surface area contributed by atoms with Crippen LogP contribution in [0.2, 0.25) is 1.41 Å². The molecule has 0 bridgehead atoms. The van der Waals surface area contributed by atoms with Gasteiger partial charge in [-0.2, -0.15) is 5.10 Å². The molecule has 1 amide bonds. The van der Waals surface area contributed by atoms with Crippen LogP contribution in [0.5, 0.6) is 0 Å². The van der Waals surface area contributed by atoms with Crippen molar-refractivity contribution in [2.45, 2.75) is 64.6 Å². The Morgan fingerprint density at radius 1 is 1.30 bits per heavy atom. The number of aryl methyl sites for hydroxylation is 1. The third-order valence-corrected chi connectivity index (χ3v) is 7.23. The number of fused-ring (bicyclic) bond motifs is 1. The average Bonchev–Trinajstić information content (AvgIpc) is 3.29. The lowest BCUT2D eigenvalue weighted by Gasteiger charge is -2.43. The largest absolute Gasteiger partial charge is 0.349 e. The molecule has 0 aromatic carbocycles. The second-order valence-corrected chi connectivity index (χ2v) is 9.27. The lowest BCUT2D eigenvalue weighted by Crippen LogP contribution is -2.53. The summed E-state index contributed by atoms with van der Waals surface area (Å²) >= 11 is 1.38. The lowest BCUT2D eigenvalue weighted by atomic mass is 9.89. The summed E-state index contributed by atoms with van der Waals surface area (Å²) in [5.74, 6) is -0.184. The van der Waals surface area contributed by atoms with E-state index in [1.54, 1.807) is 0 Å². The van der Waals surface area contributed by atoms with Crippen LogP contribution in [0.4, 0.5) is 0 Å². The summed E-state index contributed by atoms with van der Waals surface area (Å²) in [4.78, 5) is 19.4. The summed E-state index contributed by atoms with van der Waals surface area (Å²) in [5.41, 5.74) is 0.972. The SMILES string of the molecule is [2H]N(C(=O)c1cc2c(C)[nH]nc2s1)C1CCC(N2CCN(C(C)C)CC2)CC1. The monoisotopic (exact) mass is 390 g/mol. The summed E-state index contributed by atoms with van der Waals surface area (Å²) in [6.07, 6.45) is 4.02. The third kappa shape index (κ3) is 4.05. The van der Waals surface area contributed by atoms with E-state index < -0.39 is 0 Å². The van der Waals surface area contributed by atoms with Crippen molar-refractivity contribution in [2.75, 3.05) is 26.2 Å². The molecule has 2 aliphatic rings. The Balaban J connectivity index is 1.31. The van der Waals surface area contributed by atoms with Crippen LogP contribution in [-0.2, 0) is 0 Å². The van der Waals surface area contributed by atoms with E-state index in [1.165, 1.54) is 16.6 Å². The minimum Gasteiger partial charge on any atom is -0.349 e. The number of amides is 1. The quantitative estimate of drug-likeness (QED) is 0.842. The molecule has 0 atom stereocenters. The molecule has 148 valence electrons. The fourth-order valence-electron chi connectivity index (χ4n) is 4.43. The predicted molar refractivity (Wildman–Crippen MR) is 110 cm³/mol. The van der Waals surface area contributed by atoms with Crippen LogP contribution in [0.1, 0.15) is 54.9 Å². The predicted octanol–water partition coefficient (Wildman–Crippen LogP) is 3.00. The first-order valence-corrected chi connectivity index (χ1v) is 11.0. The van der Waals surface area contributed by atoms with Crippen molar-refractivity contribution in [1.29, 1.82) is 0 Å². The van der Waals surface area contributed by atoms with Crippen LogP contribution in [0.15, 0.2) is 6.07 Å². The van der Waals surface area contributed by atoms with Gasteiger partial charge in [-0.1, -0.05) is 0 Å². The molecule has 1 saturated carbocycles. The maximum absolute atomic E-state index is 12.8. The summed E-state index contributed by atoms with van der Waals surface area (Å²) in [6.45, 7) is 11.1. The van der Waals surface area contributed by atoms with Gasteiger partial charge < -0.3 is 5.31 Å². The first-order chi connectivity index (χ1) is 13.4. The second-order valence-electron chi connectivity index (χ2n) is 8.24. The molecule has 4 rings (SSSR count). The Hall–Kier alpha value is -1.44. The molecule has 1 aliphatic carbocycles. The molecule has 0 spiro atoms. The Morgan fingerprint density at radius 3 is 2.63 bits per heavy atom. The number of nitrogens with one attached hydrogen (secondary N) is 2. The van der Waals surface area contributed by atoms with Crippen molar-refractivity contribution in [2.24, 2.45) is 0 Å². The third-order valence-electron chi connectivity index (χ3n) is 6.21. The summed E-state index contributed by atoms with van der Waals surface area (Å²) < 4.78 is 8.42. The van der Waals surface area contributed by atoms with Gasteiger partial charge in [0.05, 0.1) is 4.88 Å². The van der Waals surface area contributed by atoms with E-state index in [0.29, 0.717) is 17.0 Å². The Labute approximate surface area is 166 Å². The summed E-state index contributed by atoms with van der Waals surface area (Å²) in [6, 6.07) is 3.15. The van der Waals surface area contributed by atoms with Gasteiger partial charge in [-0.25, -0.2) is 0 Å². The van der Waals surface area contributed by atoms with Crippen LogP contribution >= 0.6 is 11.3 Å². The molecule has 7 heteroatoms. The highest BCUT2D eigenvalue weighted by Gasteiger charge is 2.29. The number of hydrogen-bond donors (Lipinski definition) is 2. The number of nitrogens with zero attached hydrogens (tertiary/aromatic N) is 3. The molecule has 2 aromatic rings. The number of H-pyrrole nitrogens is 1. The maximum Gasteiger partial charge on any atom is 0.261 e. The Morgan fingerprint density at radius 2 is 2.00 bits per heavy atom. The molecule has 0 radical (unpaired) electrons. The fraction of sp³-hybridized carbons (Fsp3) is 0.700. The zero-order valence-corrected chi connectivity index (χ0v) is 17.4. The summed E-state index contributed by atoms with van der Waals surface area (Å²) in [7, 11) is 0. The van der Waals surface area contributed by atoms with Crippen molar-refractivity contribution in [3.05, 3.63) is 16.6 Å². The highest BCUT2D eigenvalue weighted by molar-refractivity contribution is 7.20. The van der Waals surface area contributed by atoms with Gasteiger partial charge in [0, 0.05) is 55.4 Å². The minimum absolute atomic E-state index is 0.0257. The number of aromatic amines is 1. The standard InChI is InChI=1S/C20H31N5OS/c1-13(2)24-8-10-25(11-9-24)16-6-4-15(5-7-16)21-19(26)18-12-17-14(3)22-23-20(17)27-18/h12-13,15-16H,4-11H2,1-3H3,(H,21,26)(H,22,23)/i/hD. The van der Waals surface area contributed by atoms with Crippen LogP contribution < -0.4 is 5.31 Å². The summed E-state index contributed by atoms with van der Waals surface area (Å²) in [5, 5.41) is 9.39. The van der Waals surface area contributed by atoms with Gasteiger partial charge in [0.15, 0.2) is 1.41 Å². The van der Waals surface area contributed by atoms with E-state index in [9.17, 15) is 4.79 Å². The molecule has 1 saturated heterocycles. The number of rotatable bonds is 4. The van der Waals surface area contributed by atoms with Crippen LogP contribution in [-0.4, -0.2) is 70.2 Å². The van der Waals surface area contributed by atoms with Crippen molar-refractivity contribution in [3.8, 4) is 0 Å². The molecular weight excluding hydrogens is 358 g/mol. The zero-order valence-electron chi connectivity index (χ0n) is 17.6. The van der Waals surface area contributed by atoms with Crippen LogP contribution in [0.3, 0.4) is 0 Å². The highest BCUT2D eigenvalue weighted by atomic mass is 32.1. The normalized spacial score (nSPS) is 25.9. The average molecular weight is 391 g/mol.